The van der Waals surface area contributed by atoms with E-state index in [-0.39, 0.29) is 17.6 Å². The maximum Gasteiger partial charge on any atom is 0.227 e. The van der Waals surface area contributed by atoms with Crippen molar-refractivity contribution in [3.63, 3.8) is 0 Å². The van der Waals surface area contributed by atoms with Crippen molar-refractivity contribution in [1.82, 2.24) is 0 Å². The normalized spacial score (nSPS) is 15.2. The molecule has 3 nitrogen and oxygen atoms in total. The molecule has 0 unspecified atom stereocenters. The number of para-hydroxylation sites is 1. The molecule has 1 aliphatic carbocycles. The molecule has 1 saturated carbocycles. The van der Waals surface area contributed by atoms with E-state index in [1.807, 2.05) is 24.3 Å². The molecule has 0 atom stereocenters. The molecule has 1 fully saturated rings. The summed E-state index contributed by atoms with van der Waals surface area (Å²) in [5.41, 5.74) is 2.00. The highest BCUT2D eigenvalue weighted by Crippen LogP contribution is 2.26. The van der Waals surface area contributed by atoms with Crippen molar-refractivity contribution < 1.29 is 9.18 Å². The third kappa shape index (κ3) is 4.09. The van der Waals surface area contributed by atoms with Crippen molar-refractivity contribution in [2.24, 2.45) is 5.92 Å². The lowest BCUT2D eigenvalue weighted by molar-refractivity contribution is -0.120. The minimum absolute atomic E-state index is 0.111. The summed E-state index contributed by atoms with van der Waals surface area (Å²) in [5.74, 6) is -0.0401. The Hall–Kier alpha value is -2.36. The average Bonchev–Trinajstić information content (AvgIpc) is 2.59. The zero-order chi connectivity index (χ0) is 16.1. The maximum absolute atomic E-state index is 13.6. The molecule has 2 aromatic rings. The van der Waals surface area contributed by atoms with Crippen LogP contribution in [0.3, 0.4) is 0 Å². The molecule has 0 spiro atoms. The van der Waals surface area contributed by atoms with Gasteiger partial charge in [-0.15, -0.1) is 0 Å². The molecular weight excluding hydrogens is 291 g/mol. The van der Waals surface area contributed by atoms with E-state index in [4.69, 9.17) is 0 Å². The lowest BCUT2D eigenvalue weighted by Crippen LogP contribution is -2.24. The number of benzene rings is 2. The summed E-state index contributed by atoms with van der Waals surface area (Å²) in [5, 5.41) is 6.00. The number of hydrogen-bond donors (Lipinski definition) is 2. The van der Waals surface area contributed by atoms with Crippen LogP contribution in [-0.2, 0) is 4.79 Å². The molecule has 0 saturated heterocycles. The van der Waals surface area contributed by atoms with E-state index < -0.39 is 0 Å². The highest BCUT2D eigenvalue weighted by Gasteiger charge is 2.20. The van der Waals surface area contributed by atoms with Gasteiger partial charge in [-0.05, 0) is 49.2 Å². The van der Waals surface area contributed by atoms with Gasteiger partial charge < -0.3 is 10.6 Å². The first kappa shape index (κ1) is 15.5. The molecule has 0 bridgehead atoms. The van der Waals surface area contributed by atoms with Crippen molar-refractivity contribution in [3.8, 4) is 0 Å². The molecule has 0 aliphatic heterocycles. The van der Waals surface area contributed by atoms with Gasteiger partial charge in [-0.1, -0.05) is 31.4 Å². The van der Waals surface area contributed by atoms with Gasteiger partial charge in [0, 0.05) is 17.3 Å². The molecular formula is C19H21FN2O. The summed E-state index contributed by atoms with van der Waals surface area (Å²) in [4.78, 5) is 12.2. The van der Waals surface area contributed by atoms with E-state index in [1.165, 1.54) is 12.5 Å². The van der Waals surface area contributed by atoms with Gasteiger partial charge in [0.1, 0.15) is 5.82 Å². The quantitative estimate of drug-likeness (QED) is 0.825. The van der Waals surface area contributed by atoms with Gasteiger partial charge in [-0.2, -0.15) is 0 Å². The molecule has 23 heavy (non-hydrogen) atoms. The fourth-order valence-corrected chi connectivity index (χ4v) is 2.96. The average molecular weight is 312 g/mol. The van der Waals surface area contributed by atoms with E-state index in [0.29, 0.717) is 5.69 Å². The van der Waals surface area contributed by atoms with E-state index in [1.54, 1.807) is 18.2 Å². The van der Waals surface area contributed by atoms with Crippen molar-refractivity contribution in [3.05, 3.63) is 54.3 Å². The first-order valence-electron chi connectivity index (χ1n) is 8.15. The Morgan fingerprint density at radius 1 is 0.913 bits per heavy atom. The number of carbonyl (C=O) groups excluding carboxylic acids is 1. The van der Waals surface area contributed by atoms with Crippen LogP contribution in [0.2, 0.25) is 0 Å². The number of halogens is 1. The SMILES string of the molecule is O=C(Nc1ccc(Nc2ccccc2F)cc1)C1CCCCC1. The molecule has 0 heterocycles. The predicted octanol–water partition coefficient (Wildman–Crippen LogP) is 5.09. The smallest absolute Gasteiger partial charge is 0.227 e. The minimum atomic E-state index is -0.290. The number of anilines is 3. The topological polar surface area (TPSA) is 41.1 Å². The largest absolute Gasteiger partial charge is 0.353 e. The van der Waals surface area contributed by atoms with Crippen LogP contribution in [-0.4, -0.2) is 5.91 Å². The van der Waals surface area contributed by atoms with Crippen LogP contribution in [0.25, 0.3) is 0 Å². The summed E-state index contributed by atoms with van der Waals surface area (Å²) < 4.78 is 13.6. The molecule has 0 aromatic heterocycles. The Bertz CT molecular complexity index is 663. The van der Waals surface area contributed by atoms with Gasteiger partial charge >= 0.3 is 0 Å². The first-order valence-corrected chi connectivity index (χ1v) is 8.15. The van der Waals surface area contributed by atoms with Crippen LogP contribution in [0.1, 0.15) is 32.1 Å². The summed E-state index contributed by atoms with van der Waals surface area (Å²) >= 11 is 0. The molecule has 1 amide bonds. The number of rotatable bonds is 4. The molecule has 4 heteroatoms. The standard InChI is InChI=1S/C19H21FN2O/c20-17-8-4-5-9-18(17)21-15-10-12-16(13-11-15)22-19(23)14-6-2-1-3-7-14/h4-5,8-14,21H,1-3,6-7H2,(H,22,23). The number of hydrogen-bond acceptors (Lipinski definition) is 2. The van der Waals surface area contributed by atoms with Crippen molar-refractivity contribution in [1.29, 1.82) is 0 Å². The summed E-state index contributed by atoms with van der Waals surface area (Å²) in [7, 11) is 0. The Morgan fingerprint density at radius 3 is 2.26 bits per heavy atom. The fraction of sp³-hybridized carbons (Fsp3) is 0.316. The zero-order valence-electron chi connectivity index (χ0n) is 13.0. The maximum atomic E-state index is 13.6. The Kier molecular flexibility index (Phi) is 4.91. The number of carbonyl (C=O) groups is 1. The van der Waals surface area contributed by atoms with E-state index in [0.717, 1.165) is 37.1 Å². The van der Waals surface area contributed by atoms with Gasteiger partial charge in [0.2, 0.25) is 5.91 Å². The van der Waals surface area contributed by atoms with Gasteiger partial charge in [-0.25, -0.2) is 4.39 Å². The third-order valence-corrected chi connectivity index (χ3v) is 4.28. The third-order valence-electron chi connectivity index (χ3n) is 4.28. The monoisotopic (exact) mass is 312 g/mol. The predicted molar refractivity (Wildman–Crippen MR) is 91.3 cm³/mol. The highest BCUT2D eigenvalue weighted by atomic mass is 19.1. The molecule has 0 radical (unpaired) electrons. The van der Waals surface area contributed by atoms with Crippen LogP contribution in [0.4, 0.5) is 21.5 Å². The molecule has 2 aromatic carbocycles. The van der Waals surface area contributed by atoms with E-state index in [2.05, 4.69) is 10.6 Å². The number of amides is 1. The van der Waals surface area contributed by atoms with Gasteiger partial charge in [0.05, 0.1) is 5.69 Å². The second-order valence-corrected chi connectivity index (χ2v) is 6.01. The van der Waals surface area contributed by atoms with Crippen LogP contribution < -0.4 is 10.6 Å². The second kappa shape index (κ2) is 7.27. The zero-order valence-corrected chi connectivity index (χ0v) is 13.0. The van der Waals surface area contributed by atoms with Crippen molar-refractivity contribution in [2.75, 3.05) is 10.6 Å². The van der Waals surface area contributed by atoms with Crippen LogP contribution in [0, 0.1) is 11.7 Å². The lowest BCUT2D eigenvalue weighted by atomic mass is 9.88. The fourth-order valence-electron chi connectivity index (χ4n) is 2.96. The van der Waals surface area contributed by atoms with Crippen LogP contribution >= 0.6 is 0 Å². The summed E-state index contributed by atoms with van der Waals surface area (Å²) in [6.07, 6.45) is 5.49. The van der Waals surface area contributed by atoms with Gasteiger partial charge in [0.25, 0.3) is 0 Å². The highest BCUT2D eigenvalue weighted by molar-refractivity contribution is 5.92. The Labute approximate surface area is 135 Å². The van der Waals surface area contributed by atoms with Crippen LogP contribution in [0.5, 0.6) is 0 Å². The Morgan fingerprint density at radius 2 is 1.57 bits per heavy atom. The minimum Gasteiger partial charge on any atom is -0.353 e. The number of nitrogens with one attached hydrogen (secondary N) is 2. The summed E-state index contributed by atoms with van der Waals surface area (Å²) in [6.45, 7) is 0. The molecule has 2 N–H and O–H groups in total. The molecule has 3 rings (SSSR count). The van der Waals surface area contributed by atoms with Crippen molar-refractivity contribution in [2.45, 2.75) is 32.1 Å². The van der Waals surface area contributed by atoms with Gasteiger partial charge in [0.15, 0.2) is 0 Å². The molecule has 1 aliphatic rings. The molecule has 120 valence electrons. The van der Waals surface area contributed by atoms with Gasteiger partial charge in [-0.3, -0.25) is 4.79 Å². The summed E-state index contributed by atoms with van der Waals surface area (Å²) in [6, 6.07) is 13.9. The first-order chi connectivity index (χ1) is 11.2. The Balaban J connectivity index is 1.60. The van der Waals surface area contributed by atoms with E-state index >= 15 is 0 Å². The van der Waals surface area contributed by atoms with Crippen LogP contribution in [0.15, 0.2) is 48.5 Å². The van der Waals surface area contributed by atoms with E-state index in [9.17, 15) is 9.18 Å². The second-order valence-electron chi connectivity index (χ2n) is 6.01. The van der Waals surface area contributed by atoms with Crippen molar-refractivity contribution >= 4 is 23.0 Å². The lowest BCUT2D eigenvalue weighted by Gasteiger charge is -2.20.